The third-order valence-corrected chi connectivity index (χ3v) is 3.70. The molecule has 2 rings (SSSR count). The van der Waals surface area contributed by atoms with Crippen molar-refractivity contribution in [1.82, 2.24) is 5.32 Å². The molecule has 0 heterocycles. The van der Waals surface area contributed by atoms with E-state index in [-0.39, 0.29) is 6.03 Å². The van der Waals surface area contributed by atoms with E-state index in [4.69, 9.17) is 14.2 Å². The third-order valence-electron chi connectivity index (χ3n) is 3.70. The lowest BCUT2D eigenvalue weighted by Crippen LogP contribution is -2.32. The molecule has 0 fully saturated rings. The van der Waals surface area contributed by atoms with E-state index in [1.165, 1.54) is 7.11 Å². The van der Waals surface area contributed by atoms with Gasteiger partial charge in [-0.05, 0) is 37.1 Å². The molecule has 0 radical (unpaired) electrons. The van der Waals surface area contributed by atoms with Crippen molar-refractivity contribution in [2.75, 3.05) is 32.7 Å². The molecule has 0 unspecified atom stereocenters. The van der Waals surface area contributed by atoms with Gasteiger partial charge in [-0.1, -0.05) is 18.2 Å². The number of rotatable bonds is 7. The number of anilines is 1. The number of ether oxygens (including phenoxy) is 3. The minimum absolute atomic E-state index is 0.325. The minimum Gasteiger partial charge on any atom is -0.497 e. The summed E-state index contributed by atoms with van der Waals surface area (Å²) >= 11 is 0. The van der Waals surface area contributed by atoms with Gasteiger partial charge in [0.05, 0.1) is 26.5 Å². The maximum absolute atomic E-state index is 12.0. The number of hydrogen-bond acceptors (Lipinski definition) is 4. The molecule has 0 saturated carbocycles. The van der Waals surface area contributed by atoms with Crippen molar-refractivity contribution in [3.63, 3.8) is 0 Å². The molecule has 0 aromatic heterocycles. The molecule has 0 spiro atoms. The van der Waals surface area contributed by atoms with E-state index in [1.807, 2.05) is 32.0 Å². The van der Waals surface area contributed by atoms with Crippen LogP contribution in [-0.4, -0.2) is 33.4 Å². The number of carbonyl (C=O) groups is 1. The number of urea groups is 1. The molecule has 0 atom stereocenters. The summed E-state index contributed by atoms with van der Waals surface area (Å²) < 4.78 is 16.1. The quantitative estimate of drug-likeness (QED) is 0.754. The zero-order chi connectivity index (χ0) is 18.2. The molecular formula is C19H24N2O4. The molecule has 2 N–H and O–H groups in total. The lowest BCUT2D eigenvalue weighted by molar-refractivity contribution is 0.247. The van der Waals surface area contributed by atoms with Crippen molar-refractivity contribution in [2.24, 2.45) is 0 Å². The van der Waals surface area contributed by atoms with Crippen molar-refractivity contribution >= 4 is 11.7 Å². The summed E-state index contributed by atoms with van der Waals surface area (Å²) in [6, 6.07) is 10.8. The number of nitrogens with one attached hydrogen (secondary N) is 2. The summed E-state index contributed by atoms with van der Waals surface area (Å²) in [6.45, 7) is 4.77. The lowest BCUT2D eigenvalue weighted by Gasteiger charge is -2.14. The Hall–Kier alpha value is -2.89. The fraction of sp³-hybridized carbons (Fsp3) is 0.316. The van der Waals surface area contributed by atoms with Crippen LogP contribution >= 0.6 is 0 Å². The molecule has 6 nitrogen and oxygen atoms in total. The van der Waals surface area contributed by atoms with Crippen molar-refractivity contribution in [3.8, 4) is 17.2 Å². The minimum atomic E-state index is -0.325. The standard InChI is InChI=1S/C19H24N2O4/c1-13-6-5-7-14(2)18(13)25-11-10-20-19(22)21-16-9-8-15(23-3)12-17(16)24-4/h5-9,12H,10-11H2,1-4H3,(H2,20,21,22). The van der Waals surface area contributed by atoms with Crippen LogP contribution in [0, 0.1) is 13.8 Å². The predicted octanol–water partition coefficient (Wildman–Crippen LogP) is 3.52. The van der Waals surface area contributed by atoms with Crippen LogP contribution in [0.5, 0.6) is 17.2 Å². The monoisotopic (exact) mass is 344 g/mol. The number of carbonyl (C=O) groups excluding carboxylic acids is 1. The second kappa shape index (κ2) is 8.82. The molecule has 134 valence electrons. The second-order valence-electron chi connectivity index (χ2n) is 5.52. The molecule has 0 saturated heterocycles. The van der Waals surface area contributed by atoms with Gasteiger partial charge in [-0.2, -0.15) is 0 Å². The van der Waals surface area contributed by atoms with Crippen molar-refractivity contribution in [1.29, 1.82) is 0 Å². The van der Waals surface area contributed by atoms with Gasteiger partial charge in [0.2, 0.25) is 0 Å². The fourth-order valence-electron chi connectivity index (χ4n) is 2.41. The first kappa shape index (κ1) is 18.4. The van der Waals surface area contributed by atoms with E-state index in [2.05, 4.69) is 10.6 Å². The van der Waals surface area contributed by atoms with E-state index in [0.717, 1.165) is 16.9 Å². The first-order valence-electron chi connectivity index (χ1n) is 8.01. The topological polar surface area (TPSA) is 68.8 Å². The van der Waals surface area contributed by atoms with E-state index < -0.39 is 0 Å². The van der Waals surface area contributed by atoms with Crippen LogP contribution in [0.4, 0.5) is 10.5 Å². The summed E-state index contributed by atoms with van der Waals surface area (Å²) in [5, 5.41) is 5.51. The van der Waals surface area contributed by atoms with E-state index in [9.17, 15) is 4.79 Å². The smallest absolute Gasteiger partial charge is 0.319 e. The fourth-order valence-corrected chi connectivity index (χ4v) is 2.41. The number of para-hydroxylation sites is 1. The maximum Gasteiger partial charge on any atom is 0.319 e. The van der Waals surface area contributed by atoms with Crippen LogP contribution < -0.4 is 24.8 Å². The zero-order valence-corrected chi connectivity index (χ0v) is 15.0. The predicted molar refractivity (Wildman–Crippen MR) is 98.0 cm³/mol. The van der Waals surface area contributed by atoms with Crippen molar-refractivity contribution in [3.05, 3.63) is 47.5 Å². The van der Waals surface area contributed by atoms with E-state index >= 15 is 0 Å². The Morgan fingerprint density at radius 1 is 1.04 bits per heavy atom. The highest BCUT2D eigenvalue weighted by Gasteiger charge is 2.09. The number of methoxy groups -OCH3 is 2. The van der Waals surface area contributed by atoms with Crippen LogP contribution in [0.3, 0.4) is 0 Å². The van der Waals surface area contributed by atoms with Crippen molar-refractivity contribution < 1.29 is 19.0 Å². The number of benzene rings is 2. The van der Waals surface area contributed by atoms with Gasteiger partial charge < -0.3 is 24.8 Å². The first-order valence-corrected chi connectivity index (χ1v) is 8.01. The molecule has 0 aliphatic rings. The highest BCUT2D eigenvalue weighted by molar-refractivity contribution is 5.91. The Kier molecular flexibility index (Phi) is 6.51. The van der Waals surface area contributed by atoms with Crippen LogP contribution in [0.2, 0.25) is 0 Å². The summed E-state index contributed by atoms with van der Waals surface area (Å²) in [7, 11) is 3.11. The molecule has 2 aromatic carbocycles. The van der Waals surface area contributed by atoms with Crippen LogP contribution in [0.25, 0.3) is 0 Å². The van der Waals surface area contributed by atoms with Crippen LogP contribution in [0.15, 0.2) is 36.4 Å². The first-order chi connectivity index (χ1) is 12.0. The highest BCUT2D eigenvalue weighted by Crippen LogP contribution is 2.28. The molecular weight excluding hydrogens is 320 g/mol. The Bertz CT molecular complexity index is 711. The molecule has 0 aliphatic carbocycles. The lowest BCUT2D eigenvalue weighted by atomic mass is 10.1. The highest BCUT2D eigenvalue weighted by atomic mass is 16.5. The molecule has 6 heteroatoms. The van der Waals surface area contributed by atoms with E-state index in [1.54, 1.807) is 25.3 Å². The Balaban J connectivity index is 1.83. The summed E-state index contributed by atoms with van der Waals surface area (Å²) in [5.74, 6) is 2.05. The molecule has 0 bridgehead atoms. The van der Waals surface area contributed by atoms with Gasteiger partial charge >= 0.3 is 6.03 Å². The van der Waals surface area contributed by atoms with Gasteiger partial charge in [0.15, 0.2) is 0 Å². The van der Waals surface area contributed by atoms with Gasteiger partial charge in [0, 0.05) is 6.07 Å². The average molecular weight is 344 g/mol. The SMILES string of the molecule is COc1ccc(NC(=O)NCCOc2c(C)cccc2C)c(OC)c1. The second-order valence-corrected chi connectivity index (χ2v) is 5.52. The number of aryl methyl sites for hydroxylation is 2. The zero-order valence-electron chi connectivity index (χ0n) is 15.0. The Morgan fingerprint density at radius 3 is 2.40 bits per heavy atom. The normalized spacial score (nSPS) is 10.1. The summed E-state index contributed by atoms with van der Waals surface area (Å²) in [6.07, 6.45) is 0. The van der Waals surface area contributed by atoms with Crippen molar-refractivity contribution in [2.45, 2.75) is 13.8 Å². The number of hydrogen-bond donors (Lipinski definition) is 2. The van der Waals surface area contributed by atoms with E-state index in [0.29, 0.717) is 30.3 Å². The van der Waals surface area contributed by atoms with Gasteiger partial charge in [0.25, 0.3) is 0 Å². The third kappa shape index (κ3) is 5.04. The molecule has 2 aromatic rings. The van der Waals surface area contributed by atoms with Crippen LogP contribution in [0.1, 0.15) is 11.1 Å². The maximum atomic E-state index is 12.0. The average Bonchev–Trinajstić information content (AvgIpc) is 2.61. The van der Waals surface area contributed by atoms with Gasteiger partial charge in [0.1, 0.15) is 23.9 Å². The van der Waals surface area contributed by atoms with Gasteiger partial charge in [-0.3, -0.25) is 0 Å². The van der Waals surface area contributed by atoms with Crippen LogP contribution in [-0.2, 0) is 0 Å². The van der Waals surface area contributed by atoms with Gasteiger partial charge in [-0.25, -0.2) is 4.79 Å². The Labute approximate surface area is 148 Å². The molecule has 25 heavy (non-hydrogen) atoms. The molecule has 0 aliphatic heterocycles. The Morgan fingerprint density at radius 2 is 1.76 bits per heavy atom. The van der Waals surface area contributed by atoms with Gasteiger partial charge in [-0.15, -0.1) is 0 Å². The summed E-state index contributed by atoms with van der Waals surface area (Å²) in [4.78, 5) is 12.0. The largest absolute Gasteiger partial charge is 0.497 e. The summed E-state index contributed by atoms with van der Waals surface area (Å²) in [5.41, 5.74) is 2.72. The number of amides is 2. The molecule has 2 amide bonds.